The van der Waals surface area contributed by atoms with E-state index in [1.807, 2.05) is 11.0 Å². The van der Waals surface area contributed by atoms with Gasteiger partial charge in [-0.25, -0.2) is 0 Å². The lowest BCUT2D eigenvalue weighted by molar-refractivity contribution is -0.148. The van der Waals surface area contributed by atoms with Crippen LogP contribution in [0.2, 0.25) is 0 Å². The number of carbonyl (C=O) groups excluding carboxylic acids is 2. The van der Waals surface area contributed by atoms with E-state index in [-0.39, 0.29) is 29.2 Å². The SMILES string of the molecule is CCOC(=O)C1CCCN(c2nc3c(c(=O)[nH]2)C(c2ccccc2OC)C(C#N)C(=O)N3)C1. The highest BCUT2D eigenvalue weighted by Gasteiger charge is 2.42. The molecule has 1 aromatic carbocycles. The average molecular weight is 451 g/mol. The number of hydrogen-bond acceptors (Lipinski definition) is 8. The van der Waals surface area contributed by atoms with E-state index in [0.29, 0.717) is 37.4 Å². The molecule has 0 saturated carbocycles. The molecule has 172 valence electrons. The summed E-state index contributed by atoms with van der Waals surface area (Å²) in [4.78, 5) is 47.4. The number of hydrogen-bond donors (Lipinski definition) is 2. The van der Waals surface area contributed by atoms with Gasteiger partial charge in [0, 0.05) is 24.6 Å². The van der Waals surface area contributed by atoms with Crippen molar-refractivity contribution in [2.45, 2.75) is 25.7 Å². The van der Waals surface area contributed by atoms with Gasteiger partial charge in [0.05, 0.1) is 31.3 Å². The van der Waals surface area contributed by atoms with Crippen LogP contribution in [0.15, 0.2) is 29.1 Å². The maximum Gasteiger partial charge on any atom is 0.310 e. The molecule has 0 radical (unpaired) electrons. The van der Waals surface area contributed by atoms with Crippen molar-refractivity contribution >= 4 is 23.6 Å². The summed E-state index contributed by atoms with van der Waals surface area (Å²) in [7, 11) is 1.49. The van der Waals surface area contributed by atoms with E-state index >= 15 is 0 Å². The smallest absolute Gasteiger partial charge is 0.310 e. The molecule has 4 rings (SSSR count). The number of anilines is 2. The quantitative estimate of drug-likeness (QED) is 0.656. The number of piperidine rings is 1. The van der Waals surface area contributed by atoms with E-state index in [0.717, 1.165) is 6.42 Å². The van der Waals surface area contributed by atoms with Crippen molar-refractivity contribution in [3.05, 3.63) is 45.7 Å². The largest absolute Gasteiger partial charge is 0.496 e. The van der Waals surface area contributed by atoms with E-state index in [4.69, 9.17) is 9.47 Å². The van der Waals surface area contributed by atoms with Crippen LogP contribution < -0.4 is 20.5 Å². The van der Waals surface area contributed by atoms with Gasteiger partial charge < -0.3 is 19.7 Å². The van der Waals surface area contributed by atoms with E-state index < -0.39 is 23.3 Å². The minimum Gasteiger partial charge on any atom is -0.496 e. The van der Waals surface area contributed by atoms with Crippen molar-refractivity contribution in [3.8, 4) is 11.8 Å². The van der Waals surface area contributed by atoms with Gasteiger partial charge in [0.2, 0.25) is 11.9 Å². The van der Waals surface area contributed by atoms with E-state index in [2.05, 4.69) is 15.3 Å². The Kier molecular flexibility index (Phi) is 6.31. The number of nitrogens with zero attached hydrogens (tertiary/aromatic N) is 3. The minimum absolute atomic E-state index is 0.111. The zero-order valence-corrected chi connectivity index (χ0v) is 18.5. The molecule has 2 N–H and O–H groups in total. The Balaban J connectivity index is 1.75. The number of nitriles is 1. The summed E-state index contributed by atoms with van der Waals surface area (Å²) in [5.74, 6) is -2.24. The number of aromatic amines is 1. The predicted octanol–water partition coefficient (Wildman–Crippen LogP) is 1.78. The fourth-order valence-corrected chi connectivity index (χ4v) is 4.53. The van der Waals surface area contributed by atoms with Gasteiger partial charge in [0.25, 0.3) is 5.56 Å². The first kappa shape index (κ1) is 22.3. The number of ether oxygens (including phenoxy) is 2. The monoisotopic (exact) mass is 451 g/mol. The van der Waals surface area contributed by atoms with Crippen LogP contribution in [0.1, 0.15) is 36.8 Å². The number of aromatic nitrogens is 2. The highest BCUT2D eigenvalue weighted by molar-refractivity contribution is 5.98. The Morgan fingerprint density at radius 2 is 2.12 bits per heavy atom. The molecule has 1 aromatic heterocycles. The van der Waals surface area contributed by atoms with Crippen molar-refractivity contribution in [1.29, 1.82) is 5.26 Å². The molecule has 2 aliphatic heterocycles. The molecule has 2 aliphatic rings. The van der Waals surface area contributed by atoms with Crippen LogP contribution in [0.5, 0.6) is 5.75 Å². The normalized spacial score (nSPS) is 22.0. The lowest BCUT2D eigenvalue weighted by atomic mass is 9.79. The molecule has 10 nitrogen and oxygen atoms in total. The lowest BCUT2D eigenvalue weighted by Crippen LogP contribution is -2.43. The molecular weight excluding hydrogens is 426 g/mol. The second kappa shape index (κ2) is 9.32. The van der Waals surface area contributed by atoms with E-state index in [1.54, 1.807) is 31.2 Å². The maximum absolute atomic E-state index is 13.3. The van der Waals surface area contributed by atoms with Crippen molar-refractivity contribution in [1.82, 2.24) is 9.97 Å². The summed E-state index contributed by atoms with van der Waals surface area (Å²) in [5, 5.41) is 12.3. The number of fused-ring (bicyclic) bond motifs is 1. The van der Waals surface area contributed by atoms with Crippen LogP contribution in [-0.4, -0.2) is 48.7 Å². The van der Waals surface area contributed by atoms with Crippen molar-refractivity contribution in [2.75, 3.05) is 37.0 Å². The number of amides is 1. The Morgan fingerprint density at radius 3 is 2.85 bits per heavy atom. The molecule has 3 atom stereocenters. The molecule has 33 heavy (non-hydrogen) atoms. The van der Waals surface area contributed by atoms with Crippen LogP contribution in [-0.2, 0) is 14.3 Å². The van der Waals surface area contributed by atoms with Gasteiger partial charge in [-0.05, 0) is 25.8 Å². The maximum atomic E-state index is 13.3. The number of esters is 1. The molecule has 0 aliphatic carbocycles. The number of para-hydroxylation sites is 1. The zero-order valence-electron chi connectivity index (χ0n) is 18.5. The molecule has 2 aromatic rings. The molecule has 1 saturated heterocycles. The number of nitrogens with one attached hydrogen (secondary N) is 2. The molecule has 0 spiro atoms. The van der Waals surface area contributed by atoms with Crippen molar-refractivity contribution in [2.24, 2.45) is 11.8 Å². The number of methoxy groups -OCH3 is 1. The standard InChI is InChI=1S/C23H25N5O5/c1-3-33-22(31)13-7-6-10-28(12-13)23-26-19-18(21(30)27-23)17(15(11-24)20(29)25-19)14-8-4-5-9-16(14)32-2/h4-5,8-9,13,15,17H,3,6-7,10,12H2,1-2H3,(H2,25,26,27,29,30). The number of rotatable bonds is 5. The third kappa shape index (κ3) is 4.14. The fourth-order valence-electron chi connectivity index (χ4n) is 4.53. The Labute approximate surface area is 190 Å². The summed E-state index contributed by atoms with van der Waals surface area (Å²) in [6.07, 6.45) is 1.43. The molecule has 1 amide bonds. The van der Waals surface area contributed by atoms with Crippen LogP contribution >= 0.6 is 0 Å². The molecular formula is C23H25N5O5. The van der Waals surface area contributed by atoms with Crippen molar-refractivity contribution in [3.63, 3.8) is 0 Å². The van der Waals surface area contributed by atoms with Crippen molar-refractivity contribution < 1.29 is 19.1 Å². The van der Waals surface area contributed by atoms with Crippen LogP contribution in [0.4, 0.5) is 11.8 Å². The third-order valence-electron chi connectivity index (χ3n) is 6.07. The number of benzene rings is 1. The first-order valence-corrected chi connectivity index (χ1v) is 10.9. The van der Waals surface area contributed by atoms with Crippen LogP contribution in [0, 0.1) is 23.2 Å². The molecule has 3 heterocycles. The molecule has 1 fully saturated rings. The Morgan fingerprint density at radius 1 is 1.33 bits per heavy atom. The van der Waals surface area contributed by atoms with Crippen LogP contribution in [0.3, 0.4) is 0 Å². The Hall–Kier alpha value is -3.87. The summed E-state index contributed by atoms with van der Waals surface area (Å²) >= 11 is 0. The molecule has 10 heteroatoms. The average Bonchev–Trinajstić information content (AvgIpc) is 2.83. The van der Waals surface area contributed by atoms with Gasteiger partial charge in [-0.15, -0.1) is 0 Å². The first-order chi connectivity index (χ1) is 16.0. The van der Waals surface area contributed by atoms with Gasteiger partial charge in [-0.1, -0.05) is 18.2 Å². The summed E-state index contributed by atoms with van der Waals surface area (Å²) in [6, 6.07) is 9.01. The highest BCUT2D eigenvalue weighted by Crippen LogP contribution is 2.41. The van der Waals surface area contributed by atoms with Gasteiger partial charge >= 0.3 is 5.97 Å². The fraction of sp³-hybridized carbons (Fsp3) is 0.435. The topological polar surface area (TPSA) is 137 Å². The van der Waals surface area contributed by atoms with E-state index in [1.165, 1.54) is 7.11 Å². The summed E-state index contributed by atoms with van der Waals surface area (Å²) in [6.45, 7) is 3.02. The number of carbonyl (C=O) groups is 2. The van der Waals surface area contributed by atoms with Gasteiger partial charge in [0.1, 0.15) is 17.5 Å². The predicted molar refractivity (Wildman–Crippen MR) is 119 cm³/mol. The van der Waals surface area contributed by atoms with Gasteiger partial charge in [-0.2, -0.15) is 10.2 Å². The minimum atomic E-state index is -1.12. The summed E-state index contributed by atoms with van der Waals surface area (Å²) in [5.41, 5.74) is 0.306. The molecule has 3 unspecified atom stereocenters. The zero-order chi connectivity index (χ0) is 23.5. The Bertz CT molecular complexity index is 1170. The van der Waals surface area contributed by atoms with E-state index in [9.17, 15) is 19.6 Å². The third-order valence-corrected chi connectivity index (χ3v) is 6.07. The first-order valence-electron chi connectivity index (χ1n) is 10.9. The second-order valence-corrected chi connectivity index (χ2v) is 8.00. The second-order valence-electron chi connectivity index (χ2n) is 8.00. The molecule has 0 bridgehead atoms. The lowest BCUT2D eigenvalue weighted by Gasteiger charge is -2.33. The summed E-state index contributed by atoms with van der Waals surface area (Å²) < 4.78 is 10.6. The number of H-pyrrole nitrogens is 1. The van der Waals surface area contributed by atoms with Gasteiger partial charge in [0.15, 0.2) is 0 Å². The highest BCUT2D eigenvalue weighted by atomic mass is 16.5. The van der Waals surface area contributed by atoms with Crippen LogP contribution in [0.25, 0.3) is 0 Å². The van der Waals surface area contributed by atoms with Gasteiger partial charge in [-0.3, -0.25) is 19.4 Å².